The first-order valence-electron chi connectivity index (χ1n) is 7.45. The maximum absolute atomic E-state index is 11.6. The molecule has 0 radical (unpaired) electrons. The van der Waals surface area contributed by atoms with Gasteiger partial charge in [-0.25, -0.2) is 9.59 Å². The van der Waals surface area contributed by atoms with Gasteiger partial charge in [0.05, 0.1) is 24.8 Å². The van der Waals surface area contributed by atoms with E-state index in [9.17, 15) is 14.7 Å². The molecule has 128 valence electrons. The van der Waals surface area contributed by atoms with E-state index in [2.05, 4.69) is 21.9 Å². The first-order chi connectivity index (χ1) is 12.1. The van der Waals surface area contributed by atoms with E-state index in [4.69, 9.17) is 4.74 Å². The molecule has 0 aliphatic rings. The first-order valence-corrected chi connectivity index (χ1v) is 7.45. The molecule has 25 heavy (non-hydrogen) atoms. The van der Waals surface area contributed by atoms with E-state index < -0.39 is 12.1 Å². The van der Waals surface area contributed by atoms with Gasteiger partial charge in [-0.1, -0.05) is 42.2 Å². The lowest BCUT2D eigenvalue weighted by atomic mass is 10.1. The predicted molar refractivity (Wildman–Crippen MR) is 91.0 cm³/mol. The summed E-state index contributed by atoms with van der Waals surface area (Å²) >= 11 is 0. The lowest BCUT2D eigenvalue weighted by molar-refractivity contribution is 0.0600. The number of aromatic hydroxyl groups is 1. The van der Waals surface area contributed by atoms with Gasteiger partial charge in [-0.05, 0) is 23.8 Å². The van der Waals surface area contributed by atoms with Crippen molar-refractivity contribution in [1.82, 2.24) is 5.32 Å². The number of ether oxygens (including phenoxy) is 2. The molecule has 0 bridgehead atoms. The molecule has 6 nitrogen and oxygen atoms in total. The first kappa shape index (κ1) is 17.9. The van der Waals surface area contributed by atoms with E-state index >= 15 is 0 Å². The normalized spacial score (nSPS) is 9.48. The van der Waals surface area contributed by atoms with E-state index in [-0.39, 0.29) is 30.0 Å². The molecule has 0 heterocycles. The molecule has 0 saturated heterocycles. The molecule has 0 aliphatic heterocycles. The van der Waals surface area contributed by atoms with Crippen LogP contribution in [0.2, 0.25) is 0 Å². The van der Waals surface area contributed by atoms with Gasteiger partial charge >= 0.3 is 12.1 Å². The summed E-state index contributed by atoms with van der Waals surface area (Å²) in [6, 6.07) is 13.5. The summed E-state index contributed by atoms with van der Waals surface area (Å²) in [6.07, 6.45) is -0.592. The van der Waals surface area contributed by atoms with Gasteiger partial charge in [0.25, 0.3) is 0 Å². The summed E-state index contributed by atoms with van der Waals surface area (Å²) < 4.78 is 9.65. The minimum Gasteiger partial charge on any atom is -0.507 e. The van der Waals surface area contributed by atoms with Gasteiger partial charge in [0.2, 0.25) is 0 Å². The van der Waals surface area contributed by atoms with Crippen LogP contribution in [0.3, 0.4) is 0 Å². The SMILES string of the molecule is COC(=O)c1ccc(O)c(C#CCNC(=O)OCc2ccccc2)c1. The highest BCUT2D eigenvalue weighted by Crippen LogP contribution is 2.17. The van der Waals surface area contributed by atoms with Crippen LogP contribution in [-0.4, -0.2) is 30.8 Å². The molecule has 0 aromatic heterocycles. The zero-order valence-corrected chi connectivity index (χ0v) is 13.6. The Labute approximate surface area is 145 Å². The Bertz CT molecular complexity index is 806. The Balaban J connectivity index is 1.86. The fourth-order valence-corrected chi connectivity index (χ4v) is 1.91. The Kier molecular flexibility index (Phi) is 6.43. The van der Waals surface area contributed by atoms with Crippen LogP contribution in [0.15, 0.2) is 48.5 Å². The number of rotatable bonds is 4. The number of methoxy groups -OCH3 is 1. The second-order valence-corrected chi connectivity index (χ2v) is 4.94. The summed E-state index contributed by atoms with van der Waals surface area (Å²) in [7, 11) is 1.27. The van der Waals surface area contributed by atoms with Crippen molar-refractivity contribution in [3.8, 4) is 17.6 Å². The highest BCUT2D eigenvalue weighted by molar-refractivity contribution is 5.90. The van der Waals surface area contributed by atoms with Crippen LogP contribution in [0.25, 0.3) is 0 Å². The molecule has 2 rings (SSSR count). The molecule has 2 aromatic carbocycles. The minimum absolute atomic E-state index is 0.0372. The van der Waals surface area contributed by atoms with Crippen molar-refractivity contribution < 1.29 is 24.2 Å². The van der Waals surface area contributed by atoms with E-state index in [0.29, 0.717) is 0 Å². The van der Waals surface area contributed by atoms with Crippen molar-refractivity contribution in [3.63, 3.8) is 0 Å². The lowest BCUT2D eigenvalue weighted by Gasteiger charge is -2.04. The summed E-state index contributed by atoms with van der Waals surface area (Å²) in [5, 5.41) is 12.2. The lowest BCUT2D eigenvalue weighted by Crippen LogP contribution is -2.24. The van der Waals surface area contributed by atoms with Gasteiger partial charge in [0.15, 0.2) is 0 Å². The van der Waals surface area contributed by atoms with E-state index in [1.165, 1.54) is 25.3 Å². The van der Waals surface area contributed by atoms with Crippen LogP contribution in [0.1, 0.15) is 21.5 Å². The van der Waals surface area contributed by atoms with Gasteiger partial charge in [0, 0.05) is 0 Å². The van der Waals surface area contributed by atoms with Crippen molar-refractivity contribution in [2.24, 2.45) is 0 Å². The third kappa shape index (κ3) is 5.59. The zero-order chi connectivity index (χ0) is 18.1. The second kappa shape index (κ2) is 8.99. The fourth-order valence-electron chi connectivity index (χ4n) is 1.91. The van der Waals surface area contributed by atoms with E-state index in [0.717, 1.165) is 5.56 Å². The van der Waals surface area contributed by atoms with Gasteiger partial charge in [-0.3, -0.25) is 0 Å². The molecule has 0 saturated carbocycles. The number of nitrogens with one attached hydrogen (secondary N) is 1. The topological polar surface area (TPSA) is 84.9 Å². The number of esters is 1. The van der Waals surface area contributed by atoms with Crippen molar-refractivity contribution >= 4 is 12.1 Å². The second-order valence-electron chi connectivity index (χ2n) is 4.94. The van der Waals surface area contributed by atoms with E-state index in [1.807, 2.05) is 30.3 Å². The van der Waals surface area contributed by atoms with Crippen molar-refractivity contribution in [1.29, 1.82) is 0 Å². The van der Waals surface area contributed by atoms with Crippen LogP contribution < -0.4 is 5.32 Å². The van der Waals surface area contributed by atoms with E-state index in [1.54, 1.807) is 0 Å². The Morgan fingerprint density at radius 1 is 1.16 bits per heavy atom. The molecular formula is C19H17NO5. The molecule has 0 spiro atoms. The average Bonchev–Trinajstić information content (AvgIpc) is 2.65. The highest BCUT2D eigenvalue weighted by atomic mass is 16.5. The number of hydrogen-bond donors (Lipinski definition) is 2. The van der Waals surface area contributed by atoms with Crippen molar-refractivity contribution in [2.45, 2.75) is 6.61 Å². The van der Waals surface area contributed by atoms with Crippen LogP contribution >= 0.6 is 0 Å². The molecule has 2 aromatic rings. The number of phenolic OH excluding ortho intramolecular Hbond substituents is 1. The zero-order valence-electron chi connectivity index (χ0n) is 13.6. The molecule has 0 atom stereocenters. The van der Waals surface area contributed by atoms with Crippen molar-refractivity contribution in [3.05, 3.63) is 65.2 Å². The van der Waals surface area contributed by atoms with Gasteiger partial charge in [0.1, 0.15) is 12.4 Å². The maximum atomic E-state index is 11.6. The summed E-state index contributed by atoms with van der Waals surface area (Å²) in [4.78, 5) is 23.0. The van der Waals surface area contributed by atoms with Crippen LogP contribution in [0.4, 0.5) is 4.79 Å². The monoisotopic (exact) mass is 339 g/mol. The minimum atomic E-state index is -0.592. The van der Waals surface area contributed by atoms with Gasteiger partial charge in [-0.15, -0.1) is 0 Å². The maximum Gasteiger partial charge on any atom is 0.408 e. The summed E-state index contributed by atoms with van der Waals surface area (Å²) in [6.45, 7) is 0.206. The van der Waals surface area contributed by atoms with Crippen LogP contribution in [0, 0.1) is 11.8 Å². The number of carbonyl (C=O) groups excluding carboxylic acids is 2. The fraction of sp³-hybridized carbons (Fsp3) is 0.158. The molecule has 6 heteroatoms. The number of alkyl carbamates (subject to hydrolysis) is 1. The van der Waals surface area contributed by atoms with Crippen LogP contribution in [0.5, 0.6) is 5.75 Å². The molecule has 1 amide bonds. The molecule has 0 aliphatic carbocycles. The Hall–Kier alpha value is -3.46. The van der Waals surface area contributed by atoms with Crippen molar-refractivity contribution in [2.75, 3.05) is 13.7 Å². The molecular weight excluding hydrogens is 322 g/mol. The number of amides is 1. The molecule has 2 N–H and O–H groups in total. The number of hydrogen-bond acceptors (Lipinski definition) is 5. The van der Waals surface area contributed by atoms with Gasteiger partial charge in [-0.2, -0.15) is 0 Å². The van der Waals surface area contributed by atoms with Crippen LogP contribution in [-0.2, 0) is 16.1 Å². The molecule has 0 unspecified atom stereocenters. The third-order valence-corrected chi connectivity index (χ3v) is 3.17. The molecule has 0 fully saturated rings. The quantitative estimate of drug-likeness (QED) is 0.660. The predicted octanol–water partition coefficient (Wildman–Crippen LogP) is 2.46. The third-order valence-electron chi connectivity index (χ3n) is 3.17. The number of carbonyl (C=O) groups is 2. The number of benzene rings is 2. The van der Waals surface area contributed by atoms with Gasteiger partial charge < -0.3 is 19.9 Å². The number of phenols is 1. The smallest absolute Gasteiger partial charge is 0.408 e. The average molecular weight is 339 g/mol. The highest BCUT2D eigenvalue weighted by Gasteiger charge is 2.08. The standard InChI is InChI=1S/C19H17NO5/c1-24-18(22)16-9-10-17(21)15(12-16)8-5-11-20-19(23)25-13-14-6-3-2-4-7-14/h2-4,6-7,9-10,12,21H,11,13H2,1H3,(H,20,23). The largest absolute Gasteiger partial charge is 0.507 e. The summed E-state index contributed by atoms with van der Waals surface area (Å²) in [5.41, 5.74) is 1.43. The Morgan fingerprint density at radius 2 is 1.92 bits per heavy atom. The summed E-state index contributed by atoms with van der Waals surface area (Å²) in [5.74, 6) is 4.78. The Morgan fingerprint density at radius 3 is 2.64 bits per heavy atom.